The van der Waals surface area contributed by atoms with Crippen molar-refractivity contribution in [3.05, 3.63) is 11.8 Å². The van der Waals surface area contributed by atoms with Crippen molar-refractivity contribution in [1.82, 2.24) is 14.7 Å². The van der Waals surface area contributed by atoms with Crippen LogP contribution in [0.1, 0.15) is 127 Å². The van der Waals surface area contributed by atoms with Crippen LogP contribution in [0.25, 0.3) is 0 Å². The van der Waals surface area contributed by atoms with Gasteiger partial charge in [-0.1, -0.05) is 95.3 Å². The molecule has 0 aromatic carbocycles. The number of ether oxygens (including phenoxy) is 2. The maximum absolute atomic E-state index is 15.3. The summed E-state index contributed by atoms with van der Waals surface area (Å²) in [7, 11) is -9.46. The zero-order valence-corrected chi connectivity index (χ0v) is 47.6. The third kappa shape index (κ3) is 13.5. The molecule has 0 saturated carbocycles. The Hall–Kier alpha value is -0.699. The first-order valence-corrected chi connectivity index (χ1v) is 36.0. The van der Waals surface area contributed by atoms with Gasteiger partial charge in [0.15, 0.2) is 16.6 Å². The molecule has 372 valence electrons. The fraction of sp³-hybridized carbons (Fsp3) is 0.891. The van der Waals surface area contributed by atoms with E-state index in [4.69, 9.17) is 18.3 Å². The maximum Gasteiger partial charge on any atom is 0.337 e. The molecule has 3 unspecified atom stereocenters. The quantitative estimate of drug-likeness (QED) is 0.0282. The highest BCUT2D eigenvalue weighted by Crippen LogP contribution is 2.60. The van der Waals surface area contributed by atoms with Gasteiger partial charge in [-0.2, -0.15) is 5.10 Å². The van der Waals surface area contributed by atoms with Gasteiger partial charge in [-0.05, 0) is 87.2 Å². The summed E-state index contributed by atoms with van der Waals surface area (Å²) in [6.07, 6.45) is 1.50. The minimum Gasteiger partial charge on any atom is -0.459 e. The number of rotatable bonds is 20. The average molecular weight is 993 g/mol. The SMILES string of the molecule is CC[Si](CC)(CC)O[C@H]1[C@@H](C)CCC[C@]2(C)[C@H](C[C@@H](C(C)(O)C(c3cc(SC)n(C)n3)P(=O)(O)O)OC(=O)C[C@H](O[Si](CC)(CC)CC)C(C)(C)C(=O)[C@@H]1C)N2COCC[Si](C)(C)C. The van der Waals surface area contributed by atoms with Gasteiger partial charge in [0.2, 0.25) is 0 Å². The van der Waals surface area contributed by atoms with Gasteiger partial charge in [0.25, 0.3) is 0 Å². The Morgan fingerprint density at radius 3 is 2.02 bits per heavy atom. The molecule has 0 aliphatic carbocycles. The number of esters is 1. The Bertz CT molecular complexity index is 1720. The van der Waals surface area contributed by atoms with Crippen LogP contribution >= 0.6 is 19.4 Å². The van der Waals surface area contributed by atoms with E-state index in [0.717, 1.165) is 61.6 Å². The van der Waals surface area contributed by atoms with Crippen molar-refractivity contribution >= 4 is 55.8 Å². The van der Waals surface area contributed by atoms with Crippen LogP contribution in [0.2, 0.25) is 61.9 Å². The van der Waals surface area contributed by atoms with E-state index >= 15 is 4.79 Å². The number of hydrogen-bond acceptors (Lipinski definition) is 11. The number of aliphatic hydroxyl groups is 1. The van der Waals surface area contributed by atoms with E-state index in [0.29, 0.717) is 18.4 Å². The van der Waals surface area contributed by atoms with Crippen LogP contribution in [0, 0.1) is 17.3 Å². The lowest BCUT2D eigenvalue weighted by atomic mass is 9.73. The zero-order valence-electron chi connectivity index (χ0n) is 42.9. The molecule has 3 rings (SSSR count). The summed E-state index contributed by atoms with van der Waals surface area (Å²) in [5.74, 6) is -1.15. The largest absolute Gasteiger partial charge is 0.459 e. The Kier molecular flexibility index (Phi) is 20.5. The number of aromatic nitrogens is 2. The molecular formula is C46H90N3O10PSSi3. The van der Waals surface area contributed by atoms with Gasteiger partial charge < -0.3 is 33.2 Å². The molecule has 0 radical (unpaired) electrons. The van der Waals surface area contributed by atoms with Gasteiger partial charge in [0.05, 0.1) is 36.1 Å². The lowest BCUT2D eigenvalue weighted by Crippen LogP contribution is -2.54. The predicted molar refractivity (Wildman–Crippen MR) is 268 cm³/mol. The van der Waals surface area contributed by atoms with E-state index in [1.54, 1.807) is 13.1 Å². The van der Waals surface area contributed by atoms with Crippen LogP contribution in [-0.4, -0.2) is 121 Å². The molecule has 18 heteroatoms. The minimum atomic E-state index is -5.14. The highest BCUT2D eigenvalue weighted by Gasteiger charge is 2.62. The Morgan fingerprint density at radius 2 is 1.53 bits per heavy atom. The smallest absolute Gasteiger partial charge is 0.337 e. The molecule has 3 N–H and O–H groups in total. The lowest BCUT2D eigenvalue weighted by Gasteiger charge is -2.44. The second-order valence-corrected chi connectivity index (χ2v) is 39.1. The molecule has 0 spiro atoms. The molecule has 3 heterocycles. The summed E-state index contributed by atoms with van der Waals surface area (Å²) >= 11 is 1.37. The second-order valence-electron chi connectivity index (χ2n) is 21.5. The first-order valence-electron chi connectivity index (χ1n) is 24.3. The van der Waals surface area contributed by atoms with Gasteiger partial charge in [0.1, 0.15) is 23.1 Å². The van der Waals surface area contributed by atoms with Crippen molar-refractivity contribution in [1.29, 1.82) is 0 Å². The molecule has 2 aliphatic rings. The van der Waals surface area contributed by atoms with Crippen LogP contribution in [0.5, 0.6) is 0 Å². The first kappa shape index (κ1) is 57.6. The van der Waals surface area contributed by atoms with Crippen molar-refractivity contribution in [2.24, 2.45) is 24.3 Å². The molecule has 13 nitrogen and oxygen atoms in total. The highest BCUT2D eigenvalue weighted by atomic mass is 32.2. The number of cyclic esters (lactones) is 1. The highest BCUT2D eigenvalue weighted by molar-refractivity contribution is 7.98. The van der Waals surface area contributed by atoms with Crippen LogP contribution < -0.4 is 0 Å². The molecule has 2 fully saturated rings. The fourth-order valence-corrected chi connectivity index (χ4v) is 19.0. The lowest BCUT2D eigenvalue weighted by molar-refractivity contribution is -0.170. The van der Waals surface area contributed by atoms with Gasteiger partial charge >= 0.3 is 13.6 Å². The van der Waals surface area contributed by atoms with Gasteiger partial charge in [0, 0.05) is 51.1 Å². The molecule has 0 bridgehead atoms. The number of ketones is 1. The van der Waals surface area contributed by atoms with Crippen LogP contribution in [-0.2, 0) is 39.5 Å². The molecule has 1 aromatic rings. The molecule has 1 aromatic heterocycles. The topological polar surface area (TPSA) is 170 Å². The summed E-state index contributed by atoms with van der Waals surface area (Å²) in [5, 5.41) is 17.9. The summed E-state index contributed by atoms with van der Waals surface area (Å²) in [5.41, 5.74) is -5.65. The van der Waals surface area contributed by atoms with E-state index in [1.807, 2.05) is 27.0 Å². The summed E-state index contributed by atoms with van der Waals surface area (Å²) in [6, 6.07) is 7.60. The summed E-state index contributed by atoms with van der Waals surface area (Å²) in [4.78, 5) is 54.5. The first-order chi connectivity index (χ1) is 29.5. The normalized spacial score (nSPS) is 29.5. The van der Waals surface area contributed by atoms with E-state index in [9.17, 15) is 24.3 Å². The Labute approximate surface area is 395 Å². The van der Waals surface area contributed by atoms with Crippen LogP contribution in [0.3, 0.4) is 0 Å². The van der Waals surface area contributed by atoms with Crippen LogP contribution in [0.4, 0.5) is 0 Å². The number of carbonyl (C=O) groups excluding carboxylic acids is 2. The second kappa shape index (κ2) is 22.8. The van der Waals surface area contributed by atoms with Crippen molar-refractivity contribution in [3.8, 4) is 0 Å². The number of carbonyl (C=O) groups is 2. The Balaban J connectivity index is 2.28. The van der Waals surface area contributed by atoms with Crippen molar-refractivity contribution in [2.45, 2.75) is 223 Å². The molecule has 10 atom stereocenters. The van der Waals surface area contributed by atoms with Crippen molar-refractivity contribution < 1.29 is 47.4 Å². The zero-order chi connectivity index (χ0) is 48.9. The molecule has 2 saturated heterocycles. The number of fused-ring (bicyclic) bond motifs is 1. The molecule has 2 aliphatic heterocycles. The standard InChI is InChI=1S/C46H90N3O10PSSi3/c1-18-63(19-2,20-3)58-37-31-40(50)57-38(46(12,52)43(60(53,54)55)35-29-39(61-14)48(13)47-35)30-36-45(11,49(36)32-56-27-28-62(15,16)17)26-24-25-33(7)41(34(8)42(51)44(37,9)10)59-64(21-4,22-5)23-6/h29,33-34,36-38,41,43,52H,18-28,30-32H2,1-17H3,(H2,53,54,55)/t33-,34+,36-,37-,38-,41-,43?,45+,46?,49?/m0/s1. The minimum absolute atomic E-state index is 0.0112. The van der Waals surface area contributed by atoms with Gasteiger partial charge in [-0.25, -0.2) is 0 Å². The van der Waals surface area contributed by atoms with E-state index in [2.05, 4.69) is 85.0 Å². The number of hydrogen-bond donors (Lipinski definition) is 3. The maximum atomic E-state index is 15.3. The predicted octanol–water partition coefficient (Wildman–Crippen LogP) is 10.4. The fourth-order valence-electron chi connectivity index (χ4n) is 10.4. The monoisotopic (exact) mass is 992 g/mol. The van der Waals surface area contributed by atoms with E-state index < -0.39 is 78.6 Å². The number of thioether (sulfide) groups is 1. The van der Waals surface area contributed by atoms with Gasteiger partial charge in [-0.15, -0.1) is 11.8 Å². The Morgan fingerprint density at radius 1 is 0.984 bits per heavy atom. The molecule has 0 amide bonds. The van der Waals surface area contributed by atoms with Crippen molar-refractivity contribution in [3.63, 3.8) is 0 Å². The van der Waals surface area contributed by atoms with E-state index in [-0.39, 0.29) is 42.4 Å². The third-order valence-electron chi connectivity index (χ3n) is 15.8. The molecular weight excluding hydrogens is 902 g/mol. The third-order valence-corrected chi connectivity index (χ3v) is 29.0. The number of nitrogens with zero attached hydrogens (tertiary/aromatic N) is 3. The summed E-state index contributed by atoms with van der Waals surface area (Å²) in [6.45, 7) is 32.4. The average Bonchev–Trinajstić information content (AvgIpc) is 3.56. The summed E-state index contributed by atoms with van der Waals surface area (Å²) < 4.78 is 42.5. The molecule has 64 heavy (non-hydrogen) atoms. The van der Waals surface area contributed by atoms with E-state index in [1.165, 1.54) is 23.4 Å². The number of aryl methyl sites for hydroxylation is 1. The number of Topliss-reactive ketones (excluding diaryl/α,β-unsaturated/α-hetero) is 1. The van der Waals surface area contributed by atoms with Crippen LogP contribution in [0.15, 0.2) is 11.1 Å². The van der Waals surface area contributed by atoms with Gasteiger partial charge in [-0.3, -0.25) is 23.7 Å². The van der Waals surface area contributed by atoms with Crippen molar-refractivity contribution in [2.75, 3.05) is 19.6 Å².